The fourth-order valence-electron chi connectivity index (χ4n) is 2.45. The van der Waals surface area contributed by atoms with Gasteiger partial charge < -0.3 is 36.8 Å². The van der Waals surface area contributed by atoms with E-state index in [9.17, 15) is 18.0 Å². The van der Waals surface area contributed by atoms with Gasteiger partial charge in [-0.2, -0.15) is 13.2 Å². The molecule has 166 valence electrons. The zero-order valence-corrected chi connectivity index (χ0v) is 16.1. The number of alkyl halides is 3. The van der Waals surface area contributed by atoms with Crippen molar-refractivity contribution in [2.75, 3.05) is 26.7 Å². The van der Waals surface area contributed by atoms with Crippen LogP contribution in [-0.2, 0) is 9.53 Å². The van der Waals surface area contributed by atoms with Crippen LogP contribution in [0.25, 0.3) is 0 Å². The van der Waals surface area contributed by atoms with Crippen molar-refractivity contribution in [1.82, 2.24) is 26.6 Å². The quantitative estimate of drug-likeness (QED) is 0.179. The highest BCUT2D eigenvalue weighted by atomic mass is 19.4. The summed E-state index contributed by atoms with van der Waals surface area (Å²) in [4.78, 5) is 16.4. The largest absolute Gasteiger partial charge is 0.472 e. The number of nitrogens with one attached hydrogen (secondary N) is 5. The lowest BCUT2D eigenvalue weighted by Gasteiger charge is -2.23. The highest BCUT2D eigenvalue weighted by molar-refractivity contribution is 6.03. The SMILES string of the molecule is CN/C=C(/NC(=O)C1=COC(C2=CC(NCC(F)(F)F)NC=C2)N1)C(N)=NCCO. The fourth-order valence-corrected chi connectivity index (χ4v) is 2.45. The summed E-state index contributed by atoms with van der Waals surface area (Å²) in [7, 11) is 1.61. The first-order valence-electron chi connectivity index (χ1n) is 8.90. The first kappa shape index (κ1) is 23.1. The molecule has 2 unspecified atom stereocenters. The van der Waals surface area contributed by atoms with Crippen LogP contribution in [0, 0.1) is 0 Å². The number of amides is 1. The third-order valence-electron chi connectivity index (χ3n) is 3.78. The number of aliphatic imine (C=N–C) groups is 1. The van der Waals surface area contributed by atoms with Crippen molar-refractivity contribution < 1.29 is 27.8 Å². The molecule has 0 aromatic carbocycles. The lowest BCUT2D eigenvalue weighted by atomic mass is 10.1. The molecule has 10 nitrogen and oxygen atoms in total. The second kappa shape index (κ2) is 10.5. The van der Waals surface area contributed by atoms with E-state index in [1.165, 1.54) is 24.7 Å². The Balaban J connectivity index is 1.96. The third-order valence-corrected chi connectivity index (χ3v) is 3.78. The minimum atomic E-state index is -4.34. The van der Waals surface area contributed by atoms with E-state index in [1.54, 1.807) is 13.1 Å². The maximum absolute atomic E-state index is 12.5. The van der Waals surface area contributed by atoms with E-state index in [4.69, 9.17) is 15.6 Å². The monoisotopic (exact) mass is 431 g/mol. The average molecular weight is 431 g/mol. The molecule has 13 heteroatoms. The molecule has 2 aliphatic rings. The van der Waals surface area contributed by atoms with E-state index in [-0.39, 0.29) is 30.4 Å². The fraction of sp³-hybridized carbons (Fsp3) is 0.412. The first-order chi connectivity index (χ1) is 14.2. The van der Waals surface area contributed by atoms with Crippen molar-refractivity contribution in [2.45, 2.75) is 18.6 Å². The number of ether oxygens (including phenoxy) is 1. The minimum absolute atomic E-state index is 0.0189. The van der Waals surface area contributed by atoms with Gasteiger partial charge in [-0.05, 0) is 18.4 Å². The van der Waals surface area contributed by atoms with Gasteiger partial charge in [0.2, 0.25) is 0 Å². The van der Waals surface area contributed by atoms with Crippen molar-refractivity contribution in [3.8, 4) is 0 Å². The Hall–Kier alpha value is -3.19. The zero-order chi connectivity index (χ0) is 22.1. The first-order valence-corrected chi connectivity index (χ1v) is 8.90. The van der Waals surface area contributed by atoms with Gasteiger partial charge in [-0.15, -0.1) is 0 Å². The van der Waals surface area contributed by atoms with E-state index >= 15 is 0 Å². The number of nitrogens with zero attached hydrogens (tertiary/aromatic N) is 1. The normalized spacial score (nSPS) is 21.8. The maximum atomic E-state index is 12.5. The summed E-state index contributed by atoms with van der Waals surface area (Å²) in [5, 5.41) is 22.0. The summed E-state index contributed by atoms with van der Waals surface area (Å²) in [5.41, 5.74) is 6.60. The number of nitrogens with two attached hydrogens (primary N) is 1. The molecule has 0 spiro atoms. The second-order valence-corrected chi connectivity index (χ2v) is 6.12. The molecule has 0 aromatic rings. The topological polar surface area (TPSA) is 145 Å². The van der Waals surface area contributed by atoms with Crippen LogP contribution in [0.2, 0.25) is 0 Å². The highest BCUT2D eigenvalue weighted by Gasteiger charge is 2.30. The lowest BCUT2D eigenvalue weighted by molar-refractivity contribution is -0.126. The summed E-state index contributed by atoms with van der Waals surface area (Å²) < 4.78 is 42.6. The number of amidine groups is 1. The van der Waals surface area contributed by atoms with Gasteiger partial charge in [0.1, 0.15) is 17.8 Å². The number of hydrogen-bond donors (Lipinski definition) is 7. The van der Waals surface area contributed by atoms with Crippen LogP contribution >= 0.6 is 0 Å². The molecule has 0 saturated heterocycles. The zero-order valence-electron chi connectivity index (χ0n) is 16.1. The van der Waals surface area contributed by atoms with Crippen LogP contribution in [0.5, 0.6) is 0 Å². The lowest BCUT2D eigenvalue weighted by Crippen LogP contribution is -2.45. The molecule has 30 heavy (non-hydrogen) atoms. The number of carbonyl (C=O) groups is 1. The molecule has 1 amide bonds. The van der Waals surface area contributed by atoms with Crippen LogP contribution in [-0.4, -0.2) is 62.2 Å². The number of dihydropyridines is 1. The Labute approximate surface area is 170 Å². The van der Waals surface area contributed by atoms with Crippen LogP contribution in [0.1, 0.15) is 0 Å². The van der Waals surface area contributed by atoms with Gasteiger partial charge in [-0.3, -0.25) is 15.1 Å². The summed E-state index contributed by atoms with van der Waals surface area (Å²) >= 11 is 0. The predicted octanol–water partition coefficient (Wildman–Crippen LogP) is -1.18. The molecule has 0 aromatic heterocycles. The van der Waals surface area contributed by atoms with Gasteiger partial charge >= 0.3 is 6.18 Å². The molecule has 0 radical (unpaired) electrons. The van der Waals surface area contributed by atoms with Crippen molar-refractivity contribution in [3.63, 3.8) is 0 Å². The van der Waals surface area contributed by atoms with E-state index in [0.717, 1.165) is 0 Å². The molecular weight excluding hydrogens is 407 g/mol. The Morgan fingerprint density at radius 3 is 2.90 bits per heavy atom. The van der Waals surface area contributed by atoms with Gasteiger partial charge in [0.15, 0.2) is 6.23 Å². The van der Waals surface area contributed by atoms with Gasteiger partial charge in [-0.1, -0.05) is 0 Å². The van der Waals surface area contributed by atoms with Gasteiger partial charge in [-0.25, -0.2) is 0 Å². The molecule has 0 saturated carbocycles. The number of hydrogen-bond acceptors (Lipinski definition) is 8. The van der Waals surface area contributed by atoms with Crippen molar-refractivity contribution in [2.24, 2.45) is 10.7 Å². The third kappa shape index (κ3) is 7.00. The van der Waals surface area contributed by atoms with Gasteiger partial charge in [0, 0.05) is 18.8 Å². The Morgan fingerprint density at radius 2 is 2.23 bits per heavy atom. The smallest absolute Gasteiger partial charge is 0.401 e. The number of halogens is 3. The highest BCUT2D eigenvalue weighted by Crippen LogP contribution is 2.18. The number of carbonyl (C=O) groups excluding carboxylic acids is 1. The van der Waals surface area contributed by atoms with Gasteiger partial charge in [0.25, 0.3) is 5.91 Å². The Morgan fingerprint density at radius 1 is 1.47 bits per heavy atom. The molecule has 8 N–H and O–H groups in total. The van der Waals surface area contributed by atoms with E-state index in [2.05, 4.69) is 31.6 Å². The molecule has 0 bridgehead atoms. The number of rotatable bonds is 9. The standard InChI is InChI=1S/C17H24F3N7O3/c1-22-7-11(14(21)24-4-5-28)26-15(29)12-8-30-16(27-12)10-2-3-23-13(6-10)25-9-17(18,19)20/h2-3,6-8,13,16,22-23,25,27-28H,4-5,9H2,1H3,(H2,21,24)(H,26,29)/b11-7+. The van der Waals surface area contributed by atoms with E-state index < -0.39 is 31.0 Å². The van der Waals surface area contributed by atoms with E-state index in [0.29, 0.717) is 5.57 Å². The van der Waals surface area contributed by atoms with Crippen LogP contribution in [0.3, 0.4) is 0 Å². The Kier molecular flexibility index (Phi) is 8.12. The second-order valence-electron chi connectivity index (χ2n) is 6.12. The Bertz CT molecular complexity index is 775. The van der Waals surface area contributed by atoms with Crippen molar-refractivity contribution in [3.05, 3.63) is 47.8 Å². The molecule has 0 aliphatic carbocycles. The van der Waals surface area contributed by atoms with Crippen LogP contribution in [0.15, 0.2) is 52.8 Å². The van der Waals surface area contributed by atoms with Crippen LogP contribution < -0.4 is 32.3 Å². The molecular formula is C17H24F3N7O3. The molecule has 2 rings (SSSR count). The summed E-state index contributed by atoms with van der Waals surface area (Å²) in [5.74, 6) is -0.545. The van der Waals surface area contributed by atoms with Crippen molar-refractivity contribution >= 4 is 11.7 Å². The average Bonchev–Trinajstić information content (AvgIpc) is 3.20. The molecule has 2 atom stereocenters. The molecule has 2 aliphatic heterocycles. The maximum Gasteiger partial charge on any atom is 0.401 e. The summed E-state index contributed by atoms with van der Waals surface area (Å²) in [6.45, 7) is -1.28. The number of aliphatic hydroxyl groups excluding tert-OH is 1. The van der Waals surface area contributed by atoms with Crippen molar-refractivity contribution in [1.29, 1.82) is 0 Å². The van der Waals surface area contributed by atoms with E-state index in [1.807, 2.05) is 0 Å². The predicted molar refractivity (Wildman–Crippen MR) is 103 cm³/mol. The summed E-state index contributed by atoms with van der Waals surface area (Å²) in [6.07, 6.45) is 1.40. The minimum Gasteiger partial charge on any atom is -0.472 e. The van der Waals surface area contributed by atoms with Crippen LogP contribution in [0.4, 0.5) is 13.2 Å². The number of aliphatic hydroxyl groups is 1. The molecule has 0 fully saturated rings. The summed E-state index contributed by atoms with van der Waals surface area (Å²) in [6, 6.07) is 0. The molecule has 2 heterocycles. The van der Waals surface area contributed by atoms with Gasteiger partial charge in [0.05, 0.1) is 31.6 Å².